The molecule has 0 N–H and O–H groups in total. The van der Waals surface area contributed by atoms with Crippen LogP contribution < -0.4 is 0 Å². The van der Waals surface area contributed by atoms with Crippen molar-refractivity contribution in [2.45, 2.75) is 111 Å². The first-order chi connectivity index (χ1) is 11.9. The third-order valence-corrected chi connectivity index (χ3v) is 4.23. The molecule has 152 valence electrons. The van der Waals surface area contributed by atoms with E-state index in [1.165, 1.54) is 44.9 Å². The Morgan fingerprint density at radius 1 is 0.640 bits per heavy atom. The van der Waals surface area contributed by atoms with E-state index in [0.29, 0.717) is 0 Å². The standard InChI is InChI=1S/C20H43NO4/c1-8-9-10-11-12-13-14-15-16-22-18(3)24-20(5)25-19(4)23-17(2)21(6)7/h17-20H,8-16H2,1-7H3. The van der Waals surface area contributed by atoms with Crippen LogP contribution in [0.5, 0.6) is 0 Å². The van der Waals surface area contributed by atoms with Crippen LogP contribution in [0.2, 0.25) is 0 Å². The molecule has 0 aromatic rings. The monoisotopic (exact) mass is 361 g/mol. The van der Waals surface area contributed by atoms with E-state index < -0.39 is 0 Å². The summed E-state index contributed by atoms with van der Waals surface area (Å²) in [5.74, 6) is 0. The number of ether oxygens (including phenoxy) is 4. The van der Waals surface area contributed by atoms with Crippen LogP contribution >= 0.6 is 0 Å². The predicted octanol–water partition coefficient (Wildman–Crippen LogP) is 5.14. The van der Waals surface area contributed by atoms with Gasteiger partial charge in [-0.2, -0.15) is 0 Å². The summed E-state index contributed by atoms with van der Waals surface area (Å²) in [4.78, 5) is 1.99. The molecule has 25 heavy (non-hydrogen) atoms. The first-order valence-electron chi connectivity index (χ1n) is 10.1. The second-order valence-electron chi connectivity index (χ2n) is 7.02. The molecule has 0 aliphatic heterocycles. The molecular formula is C20H43NO4. The summed E-state index contributed by atoms with van der Waals surface area (Å²) in [6.45, 7) is 10.7. The first-order valence-corrected chi connectivity index (χ1v) is 10.1. The summed E-state index contributed by atoms with van der Waals surface area (Å²) < 4.78 is 22.8. The molecule has 0 heterocycles. The van der Waals surface area contributed by atoms with Gasteiger partial charge in [-0.25, -0.2) is 0 Å². The predicted molar refractivity (Wildman–Crippen MR) is 103 cm³/mol. The minimum absolute atomic E-state index is 0.00199. The summed E-state index contributed by atoms with van der Waals surface area (Å²) in [7, 11) is 3.94. The zero-order valence-electron chi connectivity index (χ0n) is 17.8. The molecule has 0 amide bonds. The summed E-state index contributed by atoms with van der Waals surface area (Å²) in [5.41, 5.74) is 0. The Labute approximate surface area is 156 Å². The summed E-state index contributed by atoms with van der Waals surface area (Å²) in [5, 5.41) is 0. The maximum atomic E-state index is 5.71. The van der Waals surface area contributed by atoms with E-state index >= 15 is 0 Å². The third-order valence-electron chi connectivity index (χ3n) is 4.23. The Hall–Kier alpha value is -0.200. The maximum absolute atomic E-state index is 5.71. The maximum Gasteiger partial charge on any atom is 0.161 e. The van der Waals surface area contributed by atoms with Crippen LogP contribution in [0.25, 0.3) is 0 Å². The van der Waals surface area contributed by atoms with Crippen molar-refractivity contribution < 1.29 is 18.9 Å². The lowest BCUT2D eigenvalue weighted by Crippen LogP contribution is -2.34. The molecule has 0 bridgehead atoms. The summed E-state index contributed by atoms with van der Waals surface area (Å²) in [6, 6.07) is 0. The Morgan fingerprint density at radius 2 is 1.12 bits per heavy atom. The van der Waals surface area contributed by atoms with Gasteiger partial charge in [0.2, 0.25) is 0 Å². The van der Waals surface area contributed by atoms with Crippen molar-refractivity contribution in [1.82, 2.24) is 4.90 Å². The number of unbranched alkanes of at least 4 members (excludes halogenated alkanes) is 7. The molecule has 0 aliphatic carbocycles. The van der Waals surface area contributed by atoms with Crippen LogP contribution in [-0.4, -0.2) is 50.7 Å². The largest absolute Gasteiger partial charge is 0.353 e. The molecule has 0 fully saturated rings. The lowest BCUT2D eigenvalue weighted by Gasteiger charge is -2.27. The minimum Gasteiger partial charge on any atom is -0.353 e. The van der Waals surface area contributed by atoms with E-state index in [4.69, 9.17) is 18.9 Å². The Balaban J connectivity index is 3.59. The molecule has 4 unspecified atom stereocenters. The molecule has 0 spiro atoms. The minimum atomic E-state index is -0.363. The van der Waals surface area contributed by atoms with Crippen LogP contribution in [-0.2, 0) is 18.9 Å². The Kier molecular flexibility index (Phi) is 15.9. The quantitative estimate of drug-likeness (QED) is 0.265. The highest BCUT2D eigenvalue weighted by Gasteiger charge is 2.16. The fourth-order valence-electron chi connectivity index (χ4n) is 2.53. The van der Waals surface area contributed by atoms with Gasteiger partial charge in [-0.3, -0.25) is 4.90 Å². The molecule has 5 heteroatoms. The van der Waals surface area contributed by atoms with Gasteiger partial charge in [0, 0.05) is 6.61 Å². The molecular weight excluding hydrogens is 318 g/mol. The fraction of sp³-hybridized carbons (Fsp3) is 1.00. The Bertz CT molecular complexity index is 289. The number of rotatable bonds is 17. The van der Waals surface area contributed by atoms with Gasteiger partial charge in [0.1, 0.15) is 6.23 Å². The van der Waals surface area contributed by atoms with Crippen molar-refractivity contribution in [3.05, 3.63) is 0 Å². The van der Waals surface area contributed by atoms with Gasteiger partial charge in [0.25, 0.3) is 0 Å². The van der Waals surface area contributed by atoms with Gasteiger partial charge in [0.05, 0.1) is 0 Å². The van der Waals surface area contributed by atoms with Crippen LogP contribution in [0.4, 0.5) is 0 Å². The van der Waals surface area contributed by atoms with Crippen molar-refractivity contribution in [2.75, 3.05) is 20.7 Å². The van der Waals surface area contributed by atoms with Crippen LogP contribution in [0.1, 0.15) is 86.0 Å². The first kappa shape index (κ1) is 24.8. The molecule has 0 aliphatic rings. The fourth-order valence-corrected chi connectivity index (χ4v) is 2.53. The summed E-state index contributed by atoms with van der Waals surface area (Å²) in [6.07, 6.45) is 9.46. The second kappa shape index (κ2) is 16.0. The summed E-state index contributed by atoms with van der Waals surface area (Å²) >= 11 is 0. The highest BCUT2D eigenvalue weighted by Crippen LogP contribution is 2.11. The van der Waals surface area contributed by atoms with Crippen molar-refractivity contribution in [3.8, 4) is 0 Å². The van der Waals surface area contributed by atoms with Gasteiger partial charge < -0.3 is 18.9 Å². The Morgan fingerprint density at radius 3 is 1.68 bits per heavy atom. The molecule has 5 nitrogen and oxygen atoms in total. The average Bonchev–Trinajstić information content (AvgIpc) is 2.52. The molecule has 0 rings (SSSR count). The van der Waals surface area contributed by atoms with Crippen molar-refractivity contribution in [2.24, 2.45) is 0 Å². The van der Waals surface area contributed by atoms with Crippen LogP contribution in [0, 0.1) is 0 Å². The van der Waals surface area contributed by atoms with Gasteiger partial charge in [-0.15, -0.1) is 0 Å². The van der Waals surface area contributed by atoms with E-state index in [1.807, 2.05) is 46.7 Å². The molecule has 0 radical (unpaired) electrons. The molecule has 0 saturated heterocycles. The highest BCUT2D eigenvalue weighted by atomic mass is 16.8. The molecule has 0 aromatic heterocycles. The number of nitrogens with zero attached hydrogens (tertiary/aromatic N) is 1. The van der Waals surface area contributed by atoms with E-state index in [1.54, 1.807) is 0 Å². The average molecular weight is 362 g/mol. The van der Waals surface area contributed by atoms with Gasteiger partial charge in [0.15, 0.2) is 18.9 Å². The van der Waals surface area contributed by atoms with Crippen LogP contribution in [0.3, 0.4) is 0 Å². The van der Waals surface area contributed by atoms with Crippen molar-refractivity contribution in [3.63, 3.8) is 0 Å². The normalized spacial score (nSPS) is 16.8. The van der Waals surface area contributed by atoms with Gasteiger partial charge in [-0.1, -0.05) is 51.9 Å². The van der Waals surface area contributed by atoms with E-state index in [0.717, 1.165) is 13.0 Å². The van der Waals surface area contributed by atoms with Gasteiger partial charge in [-0.05, 0) is 48.2 Å². The van der Waals surface area contributed by atoms with Crippen molar-refractivity contribution in [1.29, 1.82) is 0 Å². The number of hydrogen-bond donors (Lipinski definition) is 0. The highest BCUT2D eigenvalue weighted by molar-refractivity contribution is 4.48. The second-order valence-corrected chi connectivity index (χ2v) is 7.02. The third kappa shape index (κ3) is 15.7. The topological polar surface area (TPSA) is 40.2 Å². The lowest BCUT2D eigenvalue weighted by molar-refractivity contribution is -0.292. The SMILES string of the molecule is CCCCCCCCCCOC(C)OC(C)OC(C)OC(C)N(C)C. The zero-order chi connectivity index (χ0) is 19.1. The number of hydrogen-bond acceptors (Lipinski definition) is 5. The molecule has 4 atom stereocenters. The van der Waals surface area contributed by atoms with Crippen LogP contribution in [0.15, 0.2) is 0 Å². The molecule has 0 saturated carbocycles. The van der Waals surface area contributed by atoms with E-state index in [-0.39, 0.29) is 25.1 Å². The zero-order valence-corrected chi connectivity index (χ0v) is 17.8. The van der Waals surface area contributed by atoms with E-state index in [9.17, 15) is 0 Å². The smallest absolute Gasteiger partial charge is 0.161 e. The van der Waals surface area contributed by atoms with E-state index in [2.05, 4.69) is 6.92 Å². The molecule has 0 aromatic carbocycles. The van der Waals surface area contributed by atoms with Gasteiger partial charge >= 0.3 is 0 Å². The van der Waals surface area contributed by atoms with Crippen molar-refractivity contribution >= 4 is 0 Å². The lowest BCUT2D eigenvalue weighted by atomic mass is 10.1.